The Morgan fingerprint density at radius 2 is 0.904 bits per heavy atom. The van der Waals surface area contributed by atoms with E-state index < -0.39 is 19.9 Å². The molecule has 0 aromatic carbocycles. The predicted molar refractivity (Wildman–Crippen MR) is 215 cm³/mol. The number of hydrogen-bond donors (Lipinski definition) is 1. The van der Waals surface area contributed by atoms with Gasteiger partial charge in [-0.25, -0.2) is 4.57 Å². The number of unbranched alkanes of at least 4 members (excludes halogenated alkanes) is 25. The van der Waals surface area contributed by atoms with Gasteiger partial charge in [0, 0.05) is 12.8 Å². The maximum Gasteiger partial charge on any atom is 0.472 e. The van der Waals surface area contributed by atoms with Crippen LogP contribution in [0.15, 0.2) is 0 Å². The summed E-state index contributed by atoms with van der Waals surface area (Å²) in [5, 5.41) is 0. The molecule has 0 radical (unpaired) electrons. The first-order valence-electron chi connectivity index (χ1n) is 21.8. The Morgan fingerprint density at radius 3 is 1.31 bits per heavy atom. The van der Waals surface area contributed by atoms with Crippen molar-refractivity contribution in [2.24, 2.45) is 0 Å². The summed E-state index contributed by atoms with van der Waals surface area (Å²) < 4.78 is 34.7. The van der Waals surface area contributed by atoms with Gasteiger partial charge in [-0.2, -0.15) is 0 Å². The molecule has 2 atom stereocenters. The van der Waals surface area contributed by atoms with Gasteiger partial charge in [0.2, 0.25) is 0 Å². The number of phosphoric acid groups is 1. The SMILES string of the molecule is CCCCCCCCCCCCCCCC(=O)OCC(COP(=O)(O)OCCCC[N+](C)(C)C)OC(=O)CCCCCCCCCCCCCCC. The van der Waals surface area contributed by atoms with Crippen LogP contribution in [-0.4, -0.2) is 74.9 Å². The van der Waals surface area contributed by atoms with Gasteiger partial charge in [0.1, 0.15) is 6.61 Å². The van der Waals surface area contributed by atoms with Crippen LogP contribution in [0.3, 0.4) is 0 Å². The monoisotopic (exact) mass is 763 g/mol. The predicted octanol–water partition coefficient (Wildman–Crippen LogP) is 12.0. The van der Waals surface area contributed by atoms with Crippen molar-refractivity contribution in [3.8, 4) is 0 Å². The van der Waals surface area contributed by atoms with Gasteiger partial charge in [-0.3, -0.25) is 18.6 Å². The van der Waals surface area contributed by atoms with E-state index in [0.717, 1.165) is 56.0 Å². The molecule has 0 amide bonds. The average molecular weight is 763 g/mol. The Kier molecular flexibility index (Phi) is 35.0. The highest BCUT2D eigenvalue weighted by Gasteiger charge is 2.26. The van der Waals surface area contributed by atoms with Gasteiger partial charge in [0.15, 0.2) is 6.10 Å². The number of hydrogen-bond acceptors (Lipinski definition) is 7. The van der Waals surface area contributed by atoms with E-state index in [1.807, 2.05) is 0 Å². The highest BCUT2D eigenvalue weighted by molar-refractivity contribution is 7.47. The molecule has 0 aliphatic rings. The summed E-state index contributed by atoms with van der Waals surface area (Å²) in [6.45, 7) is 4.91. The normalized spacial score (nSPS) is 13.6. The van der Waals surface area contributed by atoms with E-state index in [9.17, 15) is 19.0 Å². The maximum absolute atomic E-state index is 12.7. The highest BCUT2D eigenvalue weighted by Crippen LogP contribution is 2.43. The molecule has 0 fully saturated rings. The van der Waals surface area contributed by atoms with Crippen LogP contribution in [0, 0.1) is 0 Å². The molecule has 0 aromatic heterocycles. The minimum Gasteiger partial charge on any atom is -0.462 e. The zero-order valence-electron chi connectivity index (χ0n) is 34.8. The van der Waals surface area contributed by atoms with Crippen molar-refractivity contribution < 1.29 is 42.1 Å². The van der Waals surface area contributed by atoms with E-state index in [1.54, 1.807) is 0 Å². The Hall–Kier alpha value is -0.990. The molecule has 0 heterocycles. The Balaban J connectivity index is 4.42. The summed E-state index contributed by atoms with van der Waals surface area (Å²) in [6, 6.07) is 0. The third-order valence-electron chi connectivity index (χ3n) is 9.60. The van der Waals surface area contributed by atoms with Crippen molar-refractivity contribution in [1.82, 2.24) is 0 Å². The van der Waals surface area contributed by atoms with E-state index in [-0.39, 0.29) is 32.2 Å². The molecule has 0 bridgehead atoms. The van der Waals surface area contributed by atoms with Gasteiger partial charge < -0.3 is 18.9 Å². The number of phosphoric ester groups is 1. The van der Waals surface area contributed by atoms with Crippen molar-refractivity contribution in [2.75, 3.05) is 47.5 Å². The number of carbonyl (C=O) groups is 2. The van der Waals surface area contributed by atoms with Gasteiger partial charge >= 0.3 is 19.8 Å². The Morgan fingerprint density at radius 1 is 0.519 bits per heavy atom. The molecule has 0 aliphatic heterocycles. The lowest BCUT2D eigenvalue weighted by Crippen LogP contribution is -2.35. The number of ether oxygens (including phenoxy) is 2. The molecule has 9 nitrogen and oxygen atoms in total. The fraction of sp³-hybridized carbons (Fsp3) is 0.952. The zero-order chi connectivity index (χ0) is 38.6. The molecule has 2 unspecified atom stereocenters. The summed E-state index contributed by atoms with van der Waals surface area (Å²) in [5.74, 6) is -0.778. The molecular formula is C42H85NO8P+. The summed E-state index contributed by atoms with van der Waals surface area (Å²) in [6.07, 6.45) is 32.9. The van der Waals surface area contributed by atoms with Crippen LogP contribution in [0.2, 0.25) is 0 Å². The Bertz CT molecular complexity index is 865. The van der Waals surface area contributed by atoms with E-state index in [0.29, 0.717) is 12.8 Å². The minimum absolute atomic E-state index is 0.0887. The highest BCUT2D eigenvalue weighted by atomic mass is 31.2. The third kappa shape index (κ3) is 38.7. The first-order chi connectivity index (χ1) is 25.0. The van der Waals surface area contributed by atoms with Crippen molar-refractivity contribution in [1.29, 1.82) is 0 Å². The van der Waals surface area contributed by atoms with E-state index in [1.165, 1.54) is 128 Å². The first kappa shape index (κ1) is 51.0. The summed E-state index contributed by atoms with van der Waals surface area (Å²) in [7, 11) is 1.92. The lowest BCUT2D eigenvalue weighted by Gasteiger charge is -2.23. The second kappa shape index (κ2) is 35.7. The second-order valence-electron chi connectivity index (χ2n) is 16.1. The number of rotatable bonds is 40. The van der Waals surface area contributed by atoms with Crippen molar-refractivity contribution in [3.05, 3.63) is 0 Å². The van der Waals surface area contributed by atoms with Crippen molar-refractivity contribution in [3.63, 3.8) is 0 Å². The first-order valence-corrected chi connectivity index (χ1v) is 23.3. The van der Waals surface area contributed by atoms with Crippen LogP contribution < -0.4 is 0 Å². The van der Waals surface area contributed by atoms with Gasteiger partial charge in [0.25, 0.3) is 0 Å². The quantitative estimate of drug-likeness (QED) is 0.0284. The number of esters is 2. The molecule has 0 spiro atoms. The van der Waals surface area contributed by atoms with Crippen LogP contribution in [0.1, 0.15) is 206 Å². The van der Waals surface area contributed by atoms with Crippen molar-refractivity contribution >= 4 is 19.8 Å². The molecule has 52 heavy (non-hydrogen) atoms. The van der Waals surface area contributed by atoms with E-state index in [2.05, 4.69) is 35.0 Å². The van der Waals surface area contributed by atoms with Crippen LogP contribution in [0.4, 0.5) is 0 Å². The lowest BCUT2D eigenvalue weighted by molar-refractivity contribution is -0.870. The van der Waals surface area contributed by atoms with Gasteiger partial charge in [-0.15, -0.1) is 0 Å². The minimum atomic E-state index is -4.35. The summed E-state index contributed by atoms with van der Waals surface area (Å²) in [4.78, 5) is 35.4. The average Bonchev–Trinajstić information content (AvgIpc) is 3.09. The molecule has 1 N–H and O–H groups in total. The van der Waals surface area contributed by atoms with Crippen LogP contribution in [0.25, 0.3) is 0 Å². The molecule has 0 saturated carbocycles. The van der Waals surface area contributed by atoms with Gasteiger partial charge in [-0.05, 0) is 25.7 Å². The Labute approximate surface area is 321 Å². The second-order valence-corrected chi connectivity index (χ2v) is 17.6. The molecule has 0 aliphatic carbocycles. The molecule has 0 rings (SSSR count). The number of carbonyl (C=O) groups excluding carboxylic acids is 2. The fourth-order valence-corrected chi connectivity index (χ4v) is 7.06. The zero-order valence-corrected chi connectivity index (χ0v) is 35.7. The number of nitrogens with zero attached hydrogens (tertiary/aromatic N) is 1. The smallest absolute Gasteiger partial charge is 0.462 e. The molecular weight excluding hydrogens is 677 g/mol. The van der Waals surface area contributed by atoms with Gasteiger partial charge in [-0.1, -0.05) is 168 Å². The molecule has 0 aromatic rings. The van der Waals surface area contributed by atoms with E-state index >= 15 is 0 Å². The lowest BCUT2D eigenvalue weighted by atomic mass is 10.0. The fourth-order valence-electron chi connectivity index (χ4n) is 6.28. The summed E-state index contributed by atoms with van der Waals surface area (Å²) >= 11 is 0. The number of quaternary nitrogens is 1. The van der Waals surface area contributed by atoms with Crippen LogP contribution >= 0.6 is 7.82 Å². The largest absolute Gasteiger partial charge is 0.472 e. The standard InChI is InChI=1S/C42H84NO8P/c1-6-8-10-12-14-16-18-20-22-24-26-28-30-34-41(44)48-38-40(39-50-52(46,47)49-37-33-32-36-43(3,4)5)51-42(45)35-31-29-27-25-23-21-19-17-15-13-11-9-7-2/h40H,6-39H2,1-5H3/p+1. The third-order valence-corrected chi connectivity index (χ3v) is 10.6. The topological polar surface area (TPSA) is 108 Å². The molecule has 310 valence electrons. The van der Waals surface area contributed by atoms with Crippen LogP contribution in [-0.2, 0) is 32.7 Å². The van der Waals surface area contributed by atoms with Crippen LogP contribution in [0.5, 0.6) is 0 Å². The maximum atomic E-state index is 12.7. The van der Waals surface area contributed by atoms with Gasteiger partial charge in [0.05, 0.1) is 40.9 Å². The molecule has 0 saturated heterocycles. The summed E-state index contributed by atoms with van der Waals surface area (Å²) in [5.41, 5.74) is 0. The van der Waals surface area contributed by atoms with Crippen molar-refractivity contribution in [2.45, 2.75) is 213 Å². The van der Waals surface area contributed by atoms with E-state index in [4.69, 9.17) is 18.5 Å². The molecule has 10 heteroatoms.